The standard InChI is InChI=1S/C11H21NOS/c1-9(2)7-14-8-11(13)12-10-5-3-4-6-10/h9-10H,3-8H2,1-2H3,(H,12,13). The lowest BCUT2D eigenvalue weighted by atomic mass is 10.2. The van der Waals surface area contributed by atoms with Crippen LogP contribution in [-0.4, -0.2) is 23.5 Å². The lowest BCUT2D eigenvalue weighted by molar-refractivity contribution is -0.119. The van der Waals surface area contributed by atoms with Gasteiger partial charge in [-0.1, -0.05) is 26.7 Å². The molecule has 0 spiro atoms. The number of amides is 1. The number of nitrogens with one attached hydrogen (secondary N) is 1. The Morgan fingerprint density at radius 1 is 1.43 bits per heavy atom. The van der Waals surface area contributed by atoms with Crippen LogP contribution >= 0.6 is 11.8 Å². The number of carbonyl (C=O) groups is 1. The Morgan fingerprint density at radius 2 is 2.07 bits per heavy atom. The zero-order valence-electron chi connectivity index (χ0n) is 9.21. The molecule has 0 unspecified atom stereocenters. The van der Waals surface area contributed by atoms with Crippen LogP contribution in [0, 0.1) is 5.92 Å². The van der Waals surface area contributed by atoms with Crippen molar-refractivity contribution in [3.8, 4) is 0 Å². The molecule has 1 fully saturated rings. The van der Waals surface area contributed by atoms with Crippen molar-refractivity contribution in [1.29, 1.82) is 0 Å². The molecule has 2 nitrogen and oxygen atoms in total. The lowest BCUT2D eigenvalue weighted by Crippen LogP contribution is -2.33. The first-order chi connectivity index (χ1) is 6.68. The van der Waals surface area contributed by atoms with Crippen molar-refractivity contribution in [2.75, 3.05) is 11.5 Å². The second kappa shape index (κ2) is 6.33. The van der Waals surface area contributed by atoms with E-state index in [2.05, 4.69) is 19.2 Å². The summed E-state index contributed by atoms with van der Waals surface area (Å²) in [6, 6.07) is 0.474. The highest BCUT2D eigenvalue weighted by molar-refractivity contribution is 7.99. The number of rotatable bonds is 5. The van der Waals surface area contributed by atoms with Crippen molar-refractivity contribution in [2.24, 2.45) is 5.92 Å². The number of thioether (sulfide) groups is 1. The molecule has 0 aromatic heterocycles. The summed E-state index contributed by atoms with van der Waals surface area (Å²) in [5, 5.41) is 3.09. The van der Waals surface area contributed by atoms with E-state index in [9.17, 15) is 4.79 Å². The van der Waals surface area contributed by atoms with Gasteiger partial charge >= 0.3 is 0 Å². The van der Waals surface area contributed by atoms with Crippen LogP contribution in [0.15, 0.2) is 0 Å². The zero-order chi connectivity index (χ0) is 10.4. The molecule has 1 N–H and O–H groups in total. The maximum absolute atomic E-state index is 11.4. The maximum Gasteiger partial charge on any atom is 0.230 e. The minimum absolute atomic E-state index is 0.225. The first-order valence-corrected chi connectivity index (χ1v) is 6.71. The van der Waals surface area contributed by atoms with Gasteiger partial charge in [0.05, 0.1) is 5.75 Å². The summed E-state index contributed by atoms with van der Waals surface area (Å²) in [5.74, 6) is 2.62. The van der Waals surface area contributed by atoms with Crippen LogP contribution in [0.2, 0.25) is 0 Å². The normalized spacial score (nSPS) is 17.6. The van der Waals surface area contributed by atoms with E-state index in [4.69, 9.17) is 0 Å². The quantitative estimate of drug-likeness (QED) is 0.763. The smallest absolute Gasteiger partial charge is 0.230 e. The summed E-state index contributed by atoms with van der Waals surface area (Å²) in [6.07, 6.45) is 4.93. The van der Waals surface area contributed by atoms with Crippen LogP contribution in [0.4, 0.5) is 0 Å². The minimum Gasteiger partial charge on any atom is -0.353 e. The van der Waals surface area contributed by atoms with Crippen LogP contribution in [0.5, 0.6) is 0 Å². The zero-order valence-corrected chi connectivity index (χ0v) is 10.0. The van der Waals surface area contributed by atoms with Crippen molar-refractivity contribution in [3.05, 3.63) is 0 Å². The summed E-state index contributed by atoms with van der Waals surface area (Å²) >= 11 is 1.74. The van der Waals surface area contributed by atoms with Gasteiger partial charge in [-0.2, -0.15) is 11.8 Å². The molecule has 0 aliphatic heterocycles. The SMILES string of the molecule is CC(C)CSCC(=O)NC1CCCC1. The van der Waals surface area contributed by atoms with E-state index in [-0.39, 0.29) is 5.91 Å². The highest BCUT2D eigenvalue weighted by atomic mass is 32.2. The average Bonchev–Trinajstić information content (AvgIpc) is 2.56. The minimum atomic E-state index is 0.225. The predicted octanol–water partition coefficient (Wildman–Crippen LogP) is 2.43. The Hall–Kier alpha value is -0.180. The molecular formula is C11H21NOS. The van der Waals surface area contributed by atoms with Crippen LogP contribution in [-0.2, 0) is 4.79 Å². The summed E-state index contributed by atoms with van der Waals surface area (Å²) in [4.78, 5) is 11.4. The molecule has 0 saturated heterocycles. The van der Waals surface area contributed by atoms with E-state index in [0.717, 1.165) is 5.75 Å². The molecule has 0 radical (unpaired) electrons. The Bertz CT molecular complexity index is 176. The fraction of sp³-hybridized carbons (Fsp3) is 0.909. The van der Waals surface area contributed by atoms with Gasteiger partial charge in [-0.25, -0.2) is 0 Å². The van der Waals surface area contributed by atoms with Crippen molar-refractivity contribution in [1.82, 2.24) is 5.32 Å². The molecule has 1 aliphatic rings. The highest BCUT2D eigenvalue weighted by Crippen LogP contribution is 2.17. The van der Waals surface area contributed by atoms with Crippen molar-refractivity contribution < 1.29 is 4.79 Å². The monoisotopic (exact) mass is 215 g/mol. The third-order valence-corrected chi connectivity index (χ3v) is 3.77. The highest BCUT2D eigenvalue weighted by Gasteiger charge is 2.16. The van der Waals surface area contributed by atoms with Gasteiger partial charge in [0, 0.05) is 6.04 Å². The molecule has 1 saturated carbocycles. The van der Waals surface area contributed by atoms with Gasteiger partial charge in [-0.3, -0.25) is 4.79 Å². The summed E-state index contributed by atoms with van der Waals surface area (Å²) in [6.45, 7) is 4.36. The molecule has 0 heterocycles. The Morgan fingerprint density at radius 3 is 2.64 bits per heavy atom. The summed E-state index contributed by atoms with van der Waals surface area (Å²) in [5.41, 5.74) is 0. The van der Waals surface area contributed by atoms with Crippen LogP contribution in [0.25, 0.3) is 0 Å². The van der Waals surface area contributed by atoms with Crippen LogP contribution in [0.3, 0.4) is 0 Å². The largest absolute Gasteiger partial charge is 0.353 e. The Kier molecular flexibility index (Phi) is 5.38. The van der Waals surface area contributed by atoms with Gasteiger partial charge in [-0.15, -0.1) is 0 Å². The van der Waals surface area contributed by atoms with Crippen molar-refractivity contribution >= 4 is 17.7 Å². The van der Waals surface area contributed by atoms with Gasteiger partial charge in [0.25, 0.3) is 0 Å². The predicted molar refractivity (Wildman–Crippen MR) is 62.6 cm³/mol. The van der Waals surface area contributed by atoms with E-state index in [0.29, 0.717) is 17.7 Å². The molecule has 1 amide bonds. The molecule has 14 heavy (non-hydrogen) atoms. The van der Waals surface area contributed by atoms with E-state index in [1.807, 2.05) is 0 Å². The Balaban J connectivity index is 2.03. The van der Waals surface area contributed by atoms with E-state index in [1.54, 1.807) is 11.8 Å². The van der Waals surface area contributed by atoms with Crippen LogP contribution < -0.4 is 5.32 Å². The second-order valence-corrected chi connectivity index (χ2v) is 5.49. The molecular weight excluding hydrogens is 194 g/mol. The van der Waals surface area contributed by atoms with E-state index >= 15 is 0 Å². The first-order valence-electron chi connectivity index (χ1n) is 5.55. The van der Waals surface area contributed by atoms with Crippen molar-refractivity contribution in [2.45, 2.75) is 45.6 Å². The fourth-order valence-corrected chi connectivity index (χ4v) is 2.58. The van der Waals surface area contributed by atoms with Gasteiger partial charge in [-0.05, 0) is 24.5 Å². The lowest BCUT2D eigenvalue weighted by Gasteiger charge is -2.11. The van der Waals surface area contributed by atoms with Gasteiger partial charge in [0.2, 0.25) is 5.91 Å². The molecule has 0 aromatic rings. The second-order valence-electron chi connectivity index (χ2n) is 4.46. The third kappa shape index (κ3) is 4.89. The molecule has 1 rings (SSSR count). The molecule has 82 valence electrons. The third-order valence-electron chi connectivity index (χ3n) is 2.40. The van der Waals surface area contributed by atoms with Crippen molar-refractivity contribution in [3.63, 3.8) is 0 Å². The topological polar surface area (TPSA) is 29.1 Å². The van der Waals surface area contributed by atoms with E-state index < -0.39 is 0 Å². The number of carbonyl (C=O) groups excluding carboxylic acids is 1. The molecule has 0 bridgehead atoms. The molecule has 0 aromatic carbocycles. The average molecular weight is 215 g/mol. The van der Waals surface area contributed by atoms with Gasteiger partial charge in [0.15, 0.2) is 0 Å². The molecule has 3 heteroatoms. The summed E-state index contributed by atoms with van der Waals surface area (Å²) in [7, 11) is 0. The fourth-order valence-electron chi connectivity index (χ4n) is 1.73. The number of hydrogen-bond acceptors (Lipinski definition) is 2. The number of hydrogen-bond donors (Lipinski definition) is 1. The van der Waals surface area contributed by atoms with Gasteiger partial charge < -0.3 is 5.32 Å². The maximum atomic E-state index is 11.4. The van der Waals surface area contributed by atoms with Crippen LogP contribution in [0.1, 0.15) is 39.5 Å². The van der Waals surface area contributed by atoms with Gasteiger partial charge in [0.1, 0.15) is 0 Å². The summed E-state index contributed by atoms with van der Waals surface area (Å²) < 4.78 is 0. The molecule has 0 atom stereocenters. The van der Waals surface area contributed by atoms with E-state index in [1.165, 1.54) is 25.7 Å². The first kappa shape index (κ1) is 11.9. The molecule has 1 aliphatic carbocycles. The Labute approximate surface area is 91.2 Å².